The van der Waals surface area contributed by atoms with Crippen molar-refractivity contribution < 1.29 is 4.39 Å². The fourth-order valence-electron chi connectivity index (χ4n) is 1.68. The van der Waals surface area contributed by atoms with E-state index in [-0.39, 0.29) is 5.82 Å². The first-order valence-electron chi connectivity index (χ1n) is 5.72. The molecular weight excluding hydrogens is 242 g/mol. The van der Waals surface area contributed by atoms with Crippen LogP contribution >= 0.6 is 0 Å². The molecule has 0 aliphatic heterocycles. The Bertz CT molecular complexity index is 683. The Morgan fingerprint density at radius 1 is 0.632 bits per heavy atom. The second kappa shape index (κ2) is 4.89. The van der Waals surface area contributed by atoms with Gasteiger partial charge in [-0.3, -0.25) is 0 Å². The molecule has 3 rings (SSSR count). The van der Waals surface area contributed by atoms with E-state index < -0.39 is 0 Å². The highest BCUT2D eigenvalue weighted by Gasteiger charge is 2.06. The van der Waals surface area contributed by atoms with Crippen molar-refractivity contribution >= 4 is 0 Å². The van der Waals surface area contributed by atoms with Crippen LogP contribution in [0.4, 0.5) is 4.39 Å². The first-order chi connectivity index (χ1) is 9.33. The maximum atomic E-state index is 13.1. The number of halogens is 1. The third-order valence-corrected chi connectivity index (χ3v) is 2.59. The van der Waals surface area contributed by atoms with Crippen molar-refractivity contribution in [2.45, 2.75) is 0 Å². The summed E-state index contributed by atoms with van der Waals surface area (Å²) < 4.78 is 13.1. The molecule has 5 heteroatoms. The van der Waals surface area contributed by atoms with Crippen LogP contribution in [-0.4, -0.2) is 20.4 Å². The highest BCUT2D eigenvalue weighted by molar-refractivity contribution is 5.56. The molecule has 0 N–H and O–H groups in total. The predicted octanol–water partition coefficient (Wildman–Crippen LogP) is 2.74. The van der Waals surface area contributed by atoms with E-state index in [1.807, 2.05) is 30.3 Å². The molecule has 3 aromatic rings. The number of benzene rings is 2. The van der Waals surface area contributed by atoms with Gasteiger partial charge in [0.05, 0.1) is 0 Å². The number of hydrogen-bond acceptors (Lipinski definition) is 4. The fraction of sp³-hybridized carbons (Fsp3) is 0. The van der Waals surface area contributed by atoms with Crippen LogP contribution in [0.5, 0.6) is 0 Å². The lowest BCUT2D eigenvalue weighted by Crippen LogP contribution is -1.99. The van der Waals surface area contributed by atoms with Crippen LogP contribution in [0.1, 0.15) is 0 Å². The van der Waals surface area contributed by atoms with E-state index in [0.29, 0.717) is 17.2 Å². The van der Waals surface area contributed by atoms with Crippen molar-refractivity contribution in [1.29, 1.82) is 0 Å². The minimum absolute atomic E-state index is 0.305. The molecule has 0 atom stereocenters. The van der Waals surface area contributed by atoms with Crippen molar-refractivity contribution in [2.75, 3.05) is 0 Å². The standard InChI is InChI=1S/C14H9FN4/c15-12-8-4-7-11(9-12)14-18-16-13(17-19-14)10-5-2-1-3-6-10/h1-9H/i15-1. The zero-order valence-electron chi connectivity index (χ0n) is 9.86. The summed E-state index contributed by atoms with van der Waals surface area (Å²) in [5.74, 6) is 0.410. The van der Waals surface area contributed by atoms with Crippen LogP contribution in [0.2, 0.25) is 0 Å². The summed E-state index contributed by atoms with van der Waals surface area (Å²) in [6.07, 6.45) is 0. The molecule has 0 bridgehead atoms. The number of rotatable bonds is 2. The van der Waals surface area contributed by atoms with Gasteiger partial charge in [-0.1, -0.05) is 42.5 Å². The van der Waals surface area contributed by atoms with E-state index in [4.69, 9.17) is 0 Å². The van der Waals surface area contributed by atoms with E-state index in [1.54, 1.807) is 12.1 Å². The highest BCUT2D eigenvalue weighted by atomic mass is 18.2. The first kappa shape index (κ1) is 11.4. The first-order valence-corrected chi connectivity index (χ1v) is 5.72. The van der Waals surface area contributed by atoms with Gasteiger partial charge in [0, 0.05) is 11.1 Å². The summed E-state index contributed by atoms with van der Waals surface area (Å²) in [6.45, 7) is 0. The largest absolute Gasteiger partial charge is 0.207 e. The van der Waals surface area contributed by atoms with Crippen molar-refractivity contribution in [3.8, 4) is 22.8 Å². The molecule has 19 heavy (non-hydrogen) atoms. The summed E-state index contributed by atoms with van der Waals surface area (Å²) in [5.41, 5.74) is 1.40. The smallest absolute Gasteiger partial charge is 0.203 e. The summed E-state index contributed by atoms with van der Waals surface area (Å²) in [5, 5.41) is 16.0. The lowest BCUT2D eigenvalue weighted by atomic mass is 10.2. The monoisotopic (exact) mass is 251 g/mol. The minimum Gasteiger partial charge on any atom is -0.207 e. The van der Waals surface area contributed by atoms with Crippen LogP contribution in [0.15, 0.2) is 54.6 Å². The topological polar surface area (TPSA) is 51.6 Å². The predicted molar refractivity (Wildman–Crippen MR) is 68.5 cm³/mol. The zero-order valence-corrected chi connectivity index (χ0v) is 9.86. The van der Waals surface area contributed by atoms with Gasteiger partial charge in [-0.15, -0.1) is 20.4 Å². The molecule has 0 aliphatic carbocycles. The Morgan fingerprint density at radius 3 is 1.84 bits per heavy atom. The molecule has 0 radical (unpaired) electrons. The van der Waals surface area contributed by atoms with Crippen LogP contribution in [0.3, 0.4) is 0 Å². The summed E-state index contributed by atoms with van der Waals surface area (Å²) in [6, 6.07) is 15.5. The van der Waals surface area contributed by atoms with Gasteiger partial charge in [0.1, 0.15) is 5.82 Å². The fourth-order valence-corrected chi connectivity index (χ4v) is 1.68. The Balaban J connectivity index is 1.95. The molecule has 0 saturated heterocycles. The lowest BCUT2D eigenvalue weighted by molar-refractivity contribution is 0.628. The highest BCUT2D eigenvalue weighted by Crippen LogP contribution is 2.16. The molecule has 92 valence electrons. The summed E-state index contributed by atoms with van der Waals surface area (Å²) in [7, 11) is 0. The number of hydrogen-bond donors (Lipinski definition) is 0. The number of aromatic nitrogens is 4. The third kappa shape index (κ3) is 2.44. The lowest BCUT2D eigenvalue weighted by Gasteiger charge is -2.00. The molecule has 0 amide bonds. The average molecular weight is 251 g/mol. The van der Waals surface area contributed by atoms with Gasteiger partial charge >= 0.3 is 0 Å². The maximum absolute atomic E-state index is 13.1. The van der Waals surface area contributed by atoms with Gasteiger partial charge in [-0.2, -0.15) is 0 Å². The molecule has 0 fully saturated rings. The second-order valence-corrected chi connectivity index (χ2v) is 3.92. The normalized spacial score (nSPS) is 10.4. The molecule has 1 heterocycles. The zero-order chi connectivity index (χ0) is 13.1. The van der Waals surface area contributed by atoms with E-state index in [0.717, 1.165) is 5.56 Å². The van der Waals surface area contributed by atoms with E-state index >= 15 is 0 Å². The van der Waals surface area contributed by atoms with Gasteiger partial charge < -0.3 is 0 Å². The molecule has 1 aromatic heterocycles. The van der Waals surface area contributed by atoms with Gasteiger partial charge in [-0.05, 0) is 12.1 Å². The van der Waals surface area contributed by atoms with Crippen LogP contribution in [0, 0.1) is 5.82 Å². The van der Waals surface area contributed by atoms with Crippen LogP contribution in [-0.2, 0) is 0 Å². The van der Waals surface area contributed by atoms with Gasteiger partial charge in [0.25, 0.3) is 0 Å². The second-order valence-electron chi connectivity index (χ2n) is 3.92. The average Bonchev–Trinajstić information content (AvgIpc) is 2.48. The van der Waals surface area contributed by atoms with Crippen LogP contribution < -0.4 is 0 Å². The maximum Gasteiger partial charge on any atom is 0.203 e. The minimum atomic E-state index is -0.340. The molecule has 0 saturated carbocycles. The number of nitrogens with zero attached hydrogens (tertiary/aromatic N) is 4. The van der Waals surface area contributed by atoms with Crippen molar-refractivity contribution in [3.05, 3.63) is 60.4 Å². The summed E-state index contributed by atoms with van der Waals surface area (Å²) >= 11 is 0. The molecule has 0 unspecified atom stereocenters. The quantitative estimate of drug-likeness (QED) is 0.702. The Morgan fingerprint density at radius 2 is 1.21 bits per heavy atom. The molecular formula is C14H9FN4. The summed E-state index contributed by atoms with van der Waals surface area (Å²) in [4.78, 5) is 0. The van der Waals surface area contributed by atoms with E-state index in [2.05, 4.69) is 20.4 Å². The Hall–Kier alpha value is -2.69. The van der Waals surface area contributed by atoms with Gasteiger partial charge in [0.2, 0.25) is 11.6 Å². The Kier molecular flexibility index (Phi) is 2.94. The van der Waals surface area contributed by atoms with E-state index in [1.165, 1.54) is 12.1 Å². The molecule has 0 spiro atoms. The molecule has 2 aromatic carbocycles. The van der Waals surface area contributed by atoms with Crippen molar-refractivity contribution in [3.63, 3.8) is 0 Å². The van der Waals surface area contributed by atoms with Crippen molar-refractivity contribution in [1.82, 2.24) is 20.4 Å². The van der Waals surface area contributed by atoms with Crippen LogP contribution in [0.25, 0.3) is 22.8 Å². The molecule has 4 nitrogen and oxygen atoms in total. The van der Waals surface area contributed by atoms with Gasteiger partial charge in [-0.25, -0.2) is 4.39 Å². The van der Waals surface area contributed by atoms with Gasteiger partial charge in [0.15, 0.2) is 0 Å². The van der Waals surface area contributed by atoms with E-state index in [9.17, 15) is 4.39 Å². The third-order valence-electron chi connectivity index (χ3n) is 2.59. The SMILES string of the molecule is [18F]c1cccc(-c2nnc(-c3ccccc3)nn2)c1. The molecule has 0 aliphatic rings. The van der Waals surface area contributed by atoms with Crippen molar-refractivity contribution in [2.24, 2.45) is 0 Å². The Labute approximate surface area is 109 Å².